The number of hydrogen-bond acceptors (Lipinski definition) is 3. The Bertz CT molecular complexity index is 420. The molecule has 0 heterocycles. The lowest BCUT2D eigenvalue weighted by atomic mass is 10.2. The van der Waals surface area contributed by atoms with Crippen LogP contribution in [0, 0.1) is 6.92 Å². The van der Waals surface area contributed by atoms with Crippen molar-refractivity contribution in [3.8, 4) is 0 Å². The number of amides is 1. The van der Waals surface area contributed by atoms with E-state index < -0.39 is 0 Å². The molecule has 1 rings (SSSR count). The lowest BCUT2D eigenvalue weighted by Gasteiger charge is -2.17. The number of rotatable bonds is 5. The Morgan fingerprint density at radius 1 is 1.44 bits per heavy atom. The second-order valence-electron chi connectivity index (χ2n) is 4.60. The van der Waals surface area contributed by atoms with Gasteiger partial charge in [0.05, 0.1) is 5.25 Å². The van der Waals surface area contributed by atoms with Crippen molar-refractivity contribution in [2.75, 3.05) is 5.73 Å². The Balaban J connectivity index is 2.66. The summed E-state index contributed by atoms with van der Waals surface area (Å²) in [6, 6.07) is 6.01. The first-order chi connectivity index (χ1) is 8.43. The molecule has 0 aliphatic rings. The van der Waals surface area contributed by atoms with Crippen molar-refractivity contribution in [1.82, 2.24) is 5.32 Å². The number of anilines is 1. The molecule has 2 unspecified atom stereocenters. The van der Waals surface area contributed by atoms with Gasteiger partial charge in [-0.25, -0.2) is 0 Å². The molecule has 0 aliphatic heterocycles. The Hall–Kier alpha value is -1.16. The van der Waals surface area contributed by atoms with Gasteiger partial charge in [-0.1, -0.05) is 13.0 Å². The lowest BCUT2D eigenvalue weighted by Crippen LogP contribution is -2.37. The molecule has 0 saturated carbocycles. The van der Waals surface area contributed by atoms with Crippen molar-refractivity contribution < 1.29 is 4.79 Å². The van der Waals surface area contributed by atoms with Crippen molar-refractivity contribution >= 4 is 23.4 Å². The van der Waals surface area contributed by atoms with Crippen LogP contribution in [0.4, 0.5) is 5.69 Å². The molecule has 0 saturated heterocycles. The minimum absolute atomic E-state index is 0.0798. The van der Waals surface area contributed by atoms with E-state index in [0.717, 1.165) is 22.6 Å². The van der Waals surface area contributed by atoms with E-state index in [1.54, 1.807) is 11.8 Å². The summed E-state index contributed by atoms with van der Waals surface area (Å²) in [6.07, 6.45) is 0.945. The summed E-state index contributed by atoms with van der Waals surface area (Å²) in [5.74, 6) is 0.0798. The fraction of sp³-hybridized carbons (Fsp3) is 0.500. The minimum atomic E-state index is -0.112. The SMILES string of the molecule is CCC(C)NC(=O)C(C)Sc1cc(N)ccc1C. The fourth-order valence-electron chi connectivity index (χ4n) is 1.45. The van der Waals surface area contributed by atoms with Gasteiger partial charge >= 0.3 is 0 Å². The molecule has 0 bridgehead atoms. The molecule has 0 spiro atoms. The van der Waals surface area contributed by atoms with E-state index in [9.17, 15) is 4.79 Å². The zero-order valence-electron chi connectivity index (χ0n) is 11.5. The number of hydrogen-bond donors (Lipinski definition) is 2. The van der Waals surface area contributed by atoms with Crippen molar-refractivity contribution in [3.63, 3.8) is 0 Å². The van der Waals surface area contributed by atoms with Crippen LogP contribution in [-0.4, -0.2) is 17.2 Å². The first-order valence-electron chi connectivity index (χ1n) is 6.27. The predicted octanol–water partition coefficient (Wildman–Crippen LogP) is 2.97. The highest BCUT2D eigenvalue weighted by atomic mass is 32.2. The first-order valence-corrected chi connectivity index (χ1v) is 7.15. The summed E-state index contributed by atoms with van der Waals surface area (Å²) in [4.78, 5) is 13.0. The molecule has 18 heavy (non-hydrogen) atoms. The third-order valence-electron chi connectivity index (χ3n) is 2.89. The number of carbonyl (C=O) groups excluding carboxylic acids is 1. The van der Waals surface area contributed by atoms with Crippen molar-refractivity contribution in [3.05, 3.63) is 23.8 Å². The van der Waals surface area contributed by atoms with Gasteiger partial charge in [-0.3, -0.25) is 4.79 Å². The molecule has 0 radical (unpaired) electrons. The maximum atomic E-state index is 11.9. The molecule has 1 amide bonds. The molecule has 0 aliphatic carbocycles. The van der Waals surface area contributed by atoms with Gasteiger partial charge in [0.25, 0.3) is 0 Å². The van der Waals surface area contributed by atoms with Crippen LogP contribution < -0.4 is 11.1 Å². The number of nitrogens with one attached hydrogen (secondary N) is 1. The highest BCUT2D eigenvalue weighted by Crippen LogP contribution is 2.28. The highest BCUT2D eigenvalue weighted by molar-refractivity contribution is 8.00. The average molecular weight is 266 g/mol. The second-order valence-corrected chi connectivity index (χ2v) is 5.99. The Labute approximate surface area is 114 Å². The first kappa shape index (κ1) is 14.9. The topological polar surface area (TPSA) is 55.1 Å². The Morgan fingerprint density at radius 2 is 2.11 bits per heavy atom. The van der Waals surface area contributed by atoms with Crippen LogP contribution >= 0.6 is 11.8 Å². The molecule has 1 aromatic rings. The molecule has 2 atom stereocenters. The summed E-state index contributed by atoms with van der Waals surface area (Å²) in [5, 5.41) is 2.88. The zero-order chi connectivity index (χ0) is 13.7. The van der Waals surface area contributed by atoms with E-state index in [4.69, 9.17) is 5.73 Å². The Morgan fingerprint density at radius 3 is 2.72 bits per heavy atom. The minimum Gasteiger partial charge on any atom is -0.399 e. The van der Waals surface area contributed by atoms with Crippen molar-refractivity contribution in [2.45, 2.75) is 50.3 Å². The van der Waals surface area contributed by atoms with E-state index >= 15 is 0 Å². The molecule has 0 aromatic heterocycles. The van der Waals surface area contributed by atoms with Crippen LogP contribution in [0.3, 0.4) is 0 Å². The van der Waals surface area contributed by atoms with Crippen LogP contribution in [0.5, 0.6) is 0 Å². The third kappa shape index (κ3) is 4.26. The van der Waals surface area contributed by atoms with Crippen LogP contribution in [0.2, 0.25) is 0 Å². The van der Waals surface area contributed by atoms with Crippen molar-refractivity contribution in [1.29, 1.82) is 0 Å². The molecular formula is C14H22N2OS. The van der Waals surface area contributed by atoms with Crippen LogP contribution in [0.25, 0.3) is 0 Å². The lowest BCUT2D eigenvalue weighted by molar-refractivity contribution is -0.120. The molecule has 3 nitrogen and oxygen atoms in total. The normalized spacial score (nSPS) is 14.0. The molecule has 0 fully saturated rings. The summed E-state index contributed by atoms with van der Waals surface area (Å²) in [5.41, 5.74) is 7.65. The van der Waals surface area contributed by atoms with E-state index in [1.165, 1.54) is 0 Å². The van der Waals surface area contributed by atoms with Gasteiger partial charge in [0, 0.05) is 16.6 Å². The average Bonchev–Trinajstić information content (AvgIpc) is 2.33. The van der Waals surface area contributed by atoms with Gasteiger partial charge in [-0.2, -0.15) is 0 Å². The van der Waals surface area contributed by atoms with Gasteiger partial charge in [0.15, 0.2) is 0 Å². The van der Waals surface area contributed by atoms with Crippen molar-refractivity contribution in [2.24, 2.45) is 0 Å². The second kappa shape index (κ2) is 6.69. The summed E-state index contributed by atoms with van der Waals surface area (Å²) >= 11 is 1.55. The largest absolute Gasteiger partial charge is 0.399 e. The smallest absolute Gasteiger partial charge is 0.233 e. The number of benzene rings is 1. The third-order valence-corrected chi connectivity index (χ3v) is 4.15. The van der Waals surface area contributed by atoms with E-state index in [1.807, 2.05) is 39.0 Å². The number of aryl methyl sites for hydroxylation is 1. The van der Waals surface area contributed by atoms with Gasteiger partial charge in [0.2, 0.25) is 5.91 Å². The predicted molar refractivity (Wildman–Crippen MR) is 78.8 cm³/mol. The standard InChI is InChI=1S/C14H22N2OS/c1-5-10(3)16-14(17)11(4)18-13-8-12(15)7-6-9(13)2/h6-8,10-11H,5,15H2,1-4H3,(H,16,17). The number of thioether (sulfide) groups is 1. The number of nitrogens with two attached hydrogens (primary N) is 1. The van der Waals surface area contributed by atoms with Crippen LogP contribution in [0.1, 0.15) is 32.8 Å². The van der Waals surface area contributed by atoms with E-state index in [2.05, 4.69) is 12.2 Å². The maximum Gasteiger partial charge on any atom is 0.233 e. The number of carbonyl (C=O) groups is 1. The van der Waals surface area contributed by atoms with Crippen LogP contribution in [-0.2, 0) is 4.79 Å². The molecule has 100 valence electrons. The summed E-state index contributed by atoms with van der Waals surface area (Å²) in [6.45, 7) is 8.03. The Kier molecular flexibility index (Phi) is 5.54. The fourth-order valence-corrected chi connectivity index (χ4v) is 2.46. The monoisotopic (exact) mass is 266 g/mol. The summed E-state index contributed by atoms with van der Waals surface area (Å²) in [7, 11) is 0. The number of nitrogen functional groups attached to an aromatic ring is 1. The maximum absolute atomic E-state index is 11.9. The van der Waals surface area contributed by atoms with E-state index in [-0.39, 0.29) is 17.2 Å². The molecule has 1 aromatic carbocycles. The van der Waals surface area contributed by atoms with E-state index in [0.29, 0.717) is 0 Å². The van der Waals surface area contributed by atoms with Crippen LogP contribution in [0.15, 0.2) is 23.1 Å². The quantitative estimate of drug-likeness (QED) is 0.636. The van der Waals surface area contributed by atoms with Gasteiger partial charge in [0.1, 0.15) is 0 Å². The zero-order valence-corrected chi connectivity index (χ0v) is 12.3. The van der Waals surface area contributed by atoms with Gasteiger partial charge in [-0.05, 0) is 44.9 Å². The summed E-state index contributed by atoms with van der Waals surface area (Å²) < 4.78 is 0. The molecule has 3 N–H and O–H groups in total. The molecule has 4 heteroatoms. The molecular weight excluding hydrogens is 244 g/mol. The van der Waals surface area contributed by atoms with Gasteiger partial charge in [-0.15, -0.1) is 11.8 Å². The van der Waals surface area contributed by atoms with Gasteiger partial charge < -0.3 is 11.1 Å². The highest BCUT2D eigenvalue weighted by Gasteiger charge is 2.16.